The number of hydrogen-bond donors (Lipinski definition) is 1. The van der Waals surface area contributed by atoms with Crippen molar-refractivity contribution in [3.05, 3.63) is 58.1 Å². The van der Waals surface area contributed by atoms with Crippen LogP contribution in [-0.4, -0.2) is 56.6 Å². The van der Waals surface area contributed by atoms with Crippen molar-refractivity contribution in [1.29, 1.82) is 0 Å². The van der Waals surface area contributed by atoms with E-state index in [1.54, 1.807) is 36.9 Å². The fourth-order valence-electron chi connectivity index (χ4n) is 3.71. The molecule has 8 heteroatoms. The number of amides is 2. The molecule has 1 aliphatic heterocycles. The molecule has 31 heavy (non-hydrogen) atoms. The molecule has 1 fully saturated rings. The van der Waals surface area contributed by atoms with Gasteiger partial charge < -0.3 is 10.2 Å². The minimum atomic E-state index is -3.71. The molecule has 2 amide bonds. The van der Waals surface area contributed by atoms with Gasteiger partial charge in [-0.15, -0.1) is 0 Å². The minimum absolute atomic E-state index is 0.0980. The molecule has 0 aliphatic carbocycles. The average Bonchev–Trinajstić information content (AvgIpc) is 3.25. The standard InChI is InChI=1S/C23H29N3O4S/c1-15-9-8-10-19(23(28)26-11-6-7-12-26)21(15)24-22(27)18-13-16(2)17(3)20(14-18)31(29,30)25(4)5/h8-10,13-14H,6-7,11-12H2,1-5H3,(H,24,27). The van der Waals surface area contributed by atoms with Gasteiger partial charge in [0.05, 0.1) is 16.1 Å². The van der Waals surface area contributed by atoms with Gasteiger partial charge in [0.15, 0.2) is 0 Å². The maximum absolute atomic E-state index is 13.1. The van der Waals surface area contributed by atoms with E-state index >= 15 is 0 Å². The van der Waals surface area contributed by atoms with Crippen molar-refractivity contribution < 1.29 is 18.0 Å². The molecule has 0 unspecified atom stereocenters. The molecule has 0 atom stereocenters. The molecule has 7 nitrogen and oxygen atoms in total. The predicted molar refractivity (Wildman–Crippen MR) is 121 cm³/mol. The number of likely N-dealkylation sites (tertiary alicyclic amines) is 1. The largest absolute Gasteiger partial charge is 0.339 e. The number of sulfonamides is 1. The number of nitrogens with one attached hydrogen (secondary N) is 1. The molecule has 1 saturated heterocycles. The normalized spacial score (nSPS) is 14.2. The summed E-state index contributed by atoms with van der Waals surface area (Å²) in [6.07, 6.45) is 1.95. The van der Waals surface area contributed by atoms with Crippen LogP contribution in [-0.2, 0) is 10.0 Å². The van der Waals surface area contributed by atoms with Crippen molar-refractivity contribution >= 4 is 27.5 Å². The zero-order valence-electron chi connectivity index (χ0n) is 18.7. The number of nitrogens with zero attached hydrogens (tertiary/aromatic N) is 2. The quantitative estimate of drug-likeness (QED) is 0.768. The molecule has 1 N–H and O–H groups in total. The van der Waals surface area contributed by atoms with Crippen LogP contribution in [0, 0.1) is 20.8 Å². The van der Waals surface area contributed by atoms with E-state index < -0.39 is 15.9 Å². The van der Waals surface area contributed by atoms with Crippen molar-refractivity contribution in [3.8, 4) is 0 Å². The Bertz CT molecular complexity index is 1130. The number of hydrogen-bond acceptors (Lipinski definition) is 4. The second-order valence-corrected chi connectivity index (χ2v) is 10.3. The average molecular weight is 444 g/mol. The fourth-order valence-corrected chi connectivity index (χ4v) is 4.93. The molecule has 1 heterocycles. The first-order valence-corrected chi connectivity index (χ1v) is 11.7. The van der Waals surface area contributed by atoms with Crippen LogP contribution in [0.25, 0.3) is 0 Å². The van der Waals surface area contributed by atoms with Crippen molar-refractivity contribution in [2.45, 2.75) is 38.5 Å². The van der Waals surface area contributed by atoms with Crippen LogP contribution in [0.1, 0.15) is 50.2 Å². The molecule has 1 aliphatic rings. The van der Waals surface area contributed by atoms with Crippen LogP contribution in [0.15, 0.2) is 35.2 Å². The first-order valence-electron chi connectivity index (χ1n) is 10.3. The third-order valence-corrected chi connectivity index (χ3v) is 7.72. The highest BCUT2D eigenvalue weighted by atomic mass is 32.2. The summed E-state index contributed by atoms with van der Waals surface area (Å²) in [4.78, 5) is 28.0. The smallest absolute Gasteiger partial charge is 0.255 e. The van der Waals surface area contributed by atoms with Crippen LogP contribution in [0.4, 0.5) is 5.69 Å². The third kappa shape index (κ3) is 4.50. The van der Waals surface area contributed by atoms with E-state index in [1.807, 2.05) is 13.0 Å². The molecule has 0 spiro atoms. The number of aryl methyl sites for hydroxylation is 2. The Morgan fingerprint density at radius 1 is 1.00 bits per heavy atom. The summed E-state index contributed by atoms with van der Waals surface area (Å²) in [5, 5.41) is 2.86. The molecule has 2 aromatic carbocycles. The summed E-state index contributed by atoms with van der Waals surface area (Å²) >= 11 is 0. The lowest BCUT2D eigenvalue weighted by Gasteiger charge is -2.20. The fraction of sp³-hybridized carbons (Fsp3) is 0.391. The Balaban J connectivity index is 1.99. The van der Waals surface area contributed by atoms with E-state index in [1.165, 1.54) is 20.2 Å². The van der Waals surface area contributed by atoms with Gasteiger partial charge in [-0.2, -0.15) is 0 Å². The summed E-state index contributed by atoms with van der Waals surface area (Å²) < 4.78 is 26.6. The highest BCUT2D eigenvalue weighted by molar-refractivity contribution is 7.89. The van der Waals surface area contributed by atoms with E-state index in [4.69, 9.17) is 0 Å². The molecule has 0 bridgehead atoms. The summed E-state index contributed by atoms with van der Waals surface area (Å²) in [5.41, 5.74) is 3.20. The van der Waals surface area contributed by atoms with Crippen LogP contribution in [0.3, 0.4) is 0 Å². The topological polar surface area (TPSA) is 86.8 Å². The predicted octanol–water partition coefficient (Wildman–Crippen LogP) is 3.35. The summed E-state index contributed by atoms with van der Waals surface area (Å²) in [7, 11) is -0.790. The van der Waals surface area contributed by atoms with Crippen LogP contribution >= 0.6 is 0 Å². The Morgan fingerprint density at radius 2 is 1.65 bits per heavy atom. The highest BCUT2D eigenvalue weighted by Crippen LogP contribution is 2.27. The summed E-state index contributed by atoms with van der Waals surface area (Å²) in [6, 6.07) is 8.41. The summed E-state index contributed by atoms with van der Waals surface area (Å²) in [6.45, 7) is 6.75. The first-order chi connectivity index (χ1) is 14.5. The van der Waals surface area contributed by atoms with Gasteiger partial charge in [0.2, 0.25) is 10.0 Å². The zero-order chi connectivity index (χ0) is 22.9. The molecule has 0 saturated carbocycles. The van der Waals surface area contributed by atoms with Gasteiger partial charge in [-0.25, -0.2) is 12.7 Å². The van der Waals surface area contributed by atoms with Gasteiger partial charge >= 0.3 is 0 Å². The molecule has 0 aromatic heterocycles. The van der Waals surface area contributed by atoms with E-state index in [0.717, 1.165) is 22.7 Å². The van der Waals surface area contributed by atoms with Gasteiger partial charge in [-0.1, -0.05) is 12.1 Å². The van der Waals surface area contributed by atoms with Gasteiger partial charge in [0.25, 0.3) is 11.8 Å². The van der Waals surface area contributed by atoms with Crippen LogP contribution < -0.4 is 5.32 Å². The molecule has 0 radical (unpaired) electrons. The van der Waals surface area contributed by atoms with E-state index in [0.29, 0.717) is 35.5 Å². The third-order valence-electron chi connectivity index (χ3n) is 5.78. The van der Waals surface area contributed by atoms with E-state index in [9.17, 15) is 18.0 Å². The number of para-hydroxylation sites is 1. The lowest BCUT2D eigenvalue weighted by atomic mass is 10.0. The van der Waals surface area contributed by atoms with Crippen molar-refractivity contribution in [1.82, 2.24) is 9.21 Å². The monoisotopic (exact) mass is 443 g/mol. The maximum Gasteiger partial charge on any atom is 0.255 e. The van der Waals surface area contributed by atoms with Crippen LogP contribution in [0.2, 0.25) is 0 Å². The van der Waals surface area contributed by atoms with Crippen LogP contribution in [0.5, 0.6) is 0 Å². The Labute approximate surface area is 184 Å². The second kappa shape index (κ2) is 8.80. The number of carbonyl (C=O) groups is 2. The molecular weight excluding hydrogens is 414 g/mol. The zero-order valence-corrected chi connectivity index (χ0v) is 19.5. The molecule has 3 rings (SSSR count). The second-order valence-electron chi connectivity index (χ2n) is 8.15. The Kier molecular flexibility index (Phi) is 6.52. The Hall–Kier alpha value is -2.71. The van der Waals surface area contributed by atoms with Crippen molar-refractivity contribution in [3.63, 3.8) is 0 Å². The van der Waals surface area contributed by atoms with E-state index in [-0.39, 0.29) is 16.4 Å². The lowest BCUT2D eigenvalue weighted by molar-refractivity contribution is 0.0793. The number of benzene rings is 2. The summed E-state index contributed by atoms with van der Waals surface area (Å²) in [5.74, 6) is -0.560. The van der Waals surface area contributed by atoms with Crippen molar-refractivity contribution in [2.24, 2.45) is 0 Å². The van der Waals surface area contributed by atoms with E-state index in [2.05, 4.69) is 5.32 Å². The van der Waals surface area contributed by atoms with Gasteiger partial charge in [0.1, 0.15) is 0 Å². The molecule has 2 aromatic rings. The van der Waals surface area contributed by atoms with Gasteiger partial charge in [0, 0.05) is 32.7 Å². The first kappa shape index (κ1) is 23.0. The molecule has 166 valence electrons. The number of carbonyl (C=O) groups excluding carboxylic acids is 2. The SMILES string of the molecule is Cc1cc(C(=O)Nc2c(C)cccc2C(=O)N2CCCC2)cc(S(=O)(=O)N(C)C)c1C. The number of rotatable bonds is 5. The highest BCUT2D eigenvalue weighted by Gasteiger charge is 2.25. The van der Waals surface area contributed by atoms with Gasteiger partial charge in [-0.05, 0) is 68.5 Å². The maximum atomic E-state index is 13.1. The molecular formula is C23H29N3O4S. The minimum Gasteiger partial charge on any atom is -0.339 e. The Morgan fingerprint density at radius 3 is 2.26 bits per heavy atom. The lowest BCUT2D eigenvalue weighted by Crippen LogP contribution is -2.29. The van der Waals surface area contributed by atoms with Gasteiger partial charge in [-0.3, -0.25) is 9.59 Å². The number of anilines is 1. The van der Waals surface area contributed by atoms with Crippen molar-refractivity contribution in [2.75, 3.05) is 32.5 Å².